The molecule has 6 nitrogen and oxygen atoms in total. The SMILES string of the molecule is COc1ccccc1NC(=O)c1sc2nc(-c3ccncc3)ccc2c1N. The summed E-state index contributed by atoms with van der Waals surface area (Å²) in [4.78, 5) is 22.6. The van der Waals surface area contributed by atoms with Crippen molar-refractivity contribution in [3.8, 4) is 17.0 Å². The largest absolute Gasteiger partial charge is 0.495 e. The number of nitrogens with two attached hydrogens (primary N) is 1. The number of fused-ring (bicyclic) bond motifs is 1. The summed E-state index contributed by atoms with van der Waals surface area (Å²) in [5.74, 6) is 0.300. The number of thiophene rings is 1. The van der Waals surface area contributed by atoms with Crippen LogP contribution in [0.4, 0.5) is 11.4 Å². The van der Waals surface area contributed by atoms with E-state index in [0.717, 1.165) is 16.6 Å². The third-order valence-corrected chi connectivity index (χ3v) is 5.25. The number of pyridine rings is 2. The number of carbonyl (C=O) groups is 1. The minimum absolute atomic E-state index is 0.287. The number of nitrogens with zero attached hydrogens (tertiary/aromatic N) is 2. The van der Waals surface area contributed by atoms with Crippen LogP contribution in [-0.2, 0) is 0 Å². The van der Waals surface area contributed by atoms with E-state index in [0.29, 0.717) is 26.8 Å². The standard InChI is InChI=1S/C20H16N4O2S/c1-26-16-5-3-2-4-15(16)23-19(25)18-17(21)13-6-7-14(24-20(13)27-18)12-8-10-22-11-9-12/h2-11H,21H2,1H3,(H,23,25). The van der Waals surface area contributed by atoms with E-state index in [4.69, 9.17) is 10.5 Å². The number of benzene rings is 1. The van der Waals surface area contributed by atoms with Crippen molar-refractivity contribution in [3.63, 3.8) is 0 Å². The molecule has 0 aliphatic rings. The smallest absolute Gasteiger partial charge is 0.268 e. The number of methoxy groups -OCH3 is 1. The van der Waals surface area contributed by atoms with E-state index in [-0.39, 0.29) is 5.91 Å². The van der Waals surface area contributed by atoms with Gasteiger partial charge in [-0.1, -0.05) is 12.1 Å². The zero-order chi connectivity index (χ0) is 18.8. The van der Waals surface area contributed by atoms with E-state index in [2.05, 4.69) is 15.3 Å². The van der Waals surface area contributed by atoms with Crippen LogP contribution in [0.5, 0.6) is 5.75 Å². The van der Waals surface area contributed by atoms with Crippen molar-refractivity contribution >= 4 is 38.8 Å². The number of hydrogen-bond donors (Lipinski definition) is 2. The Morgan fingerprint density at radius 3 is 2.67 bits per heavy atom. The molecular weight excluding hydrogens is 360 g/mol. The van der Waals surface area contributed by atoms with Crippen LogP contribution in [0.25, 0.3) is 21.5 Å². The van der Waals surface area contributed by atoms with Gasteiger partial charge in [0.2, 0.25) is 0 Å². The molecule has 3 N–H and O–H groups in total. The molecule has 0 unspecified atom stereocenters. The van der Waals surface area contributed by atoms with Gasteiger partial charge in [-0.3, -0.25) is 9.78 Å². The van der Waals surface area contributed by atoms with Crippen LogP contribution in [0.15, 0.2) is 60.9 Å². The van der Waals surface area contributed by atoms with Crippen LogP contribution in [0.2, 0.25) is 0 Å². The van der Waals surface area contributed by atoms with Gasteiger partial charge < -0.3 is 15.8 Å². The van der Waals surface area contributed by atoms with Crippen LogP contribution < -0.4 is 15.8 Å². The molecule has 0 spiro atoms. The van der Waals surface area contributed by atoms with Gasteiger partial charge in [0.05, 0.1) is 24.2 Å². The average Bonchev–Trinajstić information content (AvgIpc) is 3.05. The first kappa shape index (κ1) is 17.0. The fourth-order valence-corrected chi connectivity index (χ4v) is 3.77. The number of nitrogen functional groups attached to an aromatic ring is 1. The van der Waals surface area contributed by atoms with Gasteiger partial charge in [-0.25, -0.2) is 4.98 Å². The number of hydrogen-bond acceptors (Lipinski definition) is 6. The number of ether oxygens (including phenoxy) is 1. The Bertz CT molecular complexity index is 1130. The summed E-state index contributed by atoms with van der Waals surface area (Å²) in [5, 5.41) is 3.62. The van der Waals surface area contributed by atoms with Crippen molar-refractivity contribution in [3.05, 3.63) is 65.8 Å². The predicted octanol–water partition coefficient (Wildman–Crippen LogP) is 4.20. The molecule has 4 rings (SSSR count). The fraction of sp³-hybridized carbons (Fsp3) is 0.0500. The first-order chi connectivity index (χ1) is 13.2. The van der Waals surface area contributed by atoms with Crippen LogP contribution in [-0.4, -0.2) is 23.0 Å². The Labute approximate surface area is 159 Å². The summed E-state index contributed by atoms with van der Waals surface area (Å²) < 4.78 is 5.28. The highest BCUT2D eigenvalue weighted by Gasteiger charge is 2.19. The maximum Gasteiger partial charge on any atom is 0.268 e. The maximum atomic E-state index is 12.8. The second-order valence-electron chi connectivity index (χ2n) is 5.78. The molecule has 4 aromatic rings. The number of anilines is 2. The van der Waals surface area contributed by atoms with Crippen LogP contribution in [0.1, 0.15) is 9.67 Å². The lowest BCUT2D eigenvalue weighted by atomic mass is 10.1. The normalized spacial score (nSPS) is 10.7. The molecule has 0 atom stereocenters. The first-order valence-electron chi connectivity index (χ1n) is 8.21. The second kappa shape index (κ2) is 7.05. The summed E-state index contributed by atoms with van der Waals surface area (Å²) >= 11 is 1.27. The van der Waals surface area contributed by atoms with E-state index in [1.54, 1.807) is 31.6 Å². The molecule has 7 heteroatoms. The summed E-state index contributed by atoms with van der Waals surface area (Å²) in [5.41, 5.74) is 9.00. The van der Waals surface area contributed by atoms with Crippen LogP contribution in [0, 0.1) is 0 Å². The average molecular weight is 376 g/mol. The molecule has 0 aliphatic heterocycles. The monoisotopic (exact) mass is 376 g/mol. The zero-order valence-corrected chi connectivity index (χ0v) is 15.3. The van der Waals surface area contributed by atoms with Crippen molar-refractivity contribution in [2.24, 2.45) is 0 Å². The zero-order valence-electron chi connectivity index (χ0n) is 14.5. The number of nitrogens with one attached hydrogen (secondary N) is 1. The van der Waals surface area contributed by atoms with Gasteiger partial charge >= 0.3 is 0 Å². The van der Waals surface area contributed by atoms with Gasteiger partial charge in [0, 0.05) is 23.3 Å². The van der Waals surface area contributed by atoms with Gasteiger partial charge in [0.25, 0.3) is 5.91 Å². The number of carbonyl (C=O) groups excluding carboxylic acids is 1. The lowest BCUT2D eigenvalue weighted by Crippen LogP contribution is -2.12. The summed E-state index contributed by atoms with van der Waals surface area (Å²) in [7, 11) is 1.56. The summed E-state index contributed by atoms with van der Waals surface area (Å²) in [6.45, 7) is 0. The van der Waals surface area contributed by atoms with E-state index in [1.807, 2.05) is 36.4 Å². The predicted molar refractivity (Wildman–Crippen MR) is 108 cm³/mol. The minimum atomic E-state index is -0.287. The van der Waals surface area contributed by atoms with Crippen molar-refractivity contribution in [2.45, 2.75) is 0 Å². The van der Waals surface area contributed by atoms with Crippen molar-refractivity contribution in [1.29, 1.82) is 0 Å². The molecule has 1 aromatic carbocycles. The highest BCUT2D eigenvalue weighted by molar-refractivity contribution is 7.21. The molecule has 3 heterocycles. The number of para-hydroxylation sites is 2. The number of aromatic nitrogens is 2. The van der Waals surface area contributed by atoms with E-state index < -0.39 is 0 Å². The Kier molecular flexibility index (Phi) is 4.43. The molecule has 0 saturated carbocycles. The Morgan fingerprint density at radius 2 is 1.89 bits per heavy atom. The number of rotatable bonds is 4. The molecule has 0 fully saturated rings. The molecule has 0 saturated heterocycles. The molecule has 0 aliphatic carbocycles. The van der Waals surface area contributed by atoms with Gasteiger partial charge in [-0.2, -0.15) is 0 Å². The molecule has 134 valence electrons. The van der Waals surface area contributed by atoms with E-state index in [9.17, 15) is 4.79 Å². The molecular formula is C20H16N4O2S. The van der Waals surface area contributed by atoms with E-state index in [1.165, 1.54) is 11.3 Å². The van der Waals surface area contributed by atoms with Crippen LogP contribution >= 0.6 is 11.3 Å². The lowest BCUT2D eigenvalue weighted by Gasteiger charge is -2.09. The molecule has 3 aromatic heterocycles. The minimum Gasteiger partial charge on any atom is -0.495 e. The van der Waals surface area contributed by atoms with Crippen LogP contribution in [0.3, 0.4) is 0 Å². The fourth-order valence-electron chi connectivity index (χ4n) is 2.78. The molecule has 0 radical (unpaired) electrons. The second-order valence-corrected chi connectivity index (χ2v) is 6.78. The van der Waals surface area contributed by atoms with Gasteiger partial charge in [-0.05, 0) is 36.4 Å². The lowest BCUT2D eigenvalue weighted by molar-refractivity contribution is 0.103. The van der Waals surface area contributed by atoms with Crippen molar-refractivity contribution < 1.29 is 9.53 Å². The van der Waals surface area contributed by atoms with Crippen molar-refractivity contribution in [2.75, 3.05) is 18.2 Å². The highest BCUT2D eigenvalue weighted by Crippen LogP contribution is 2.35. The van der Waals surface area contributed by atoms with Gasteiger partial charge in [-0.15, -0.1) is 11.3 Å². The Hall–Kier alpha value is -3.45. The van der Waals surface area contributed by atoms with Crippen molar-refractivity contribution in [1.82, 2.24) is 9.97 Å². The molecule has 0 bridgehead atoms. The van der Waals surface area contributed by atoms with Gasteiger partial charge in [0.1, 0.15) is 15.5 Å². The third-order valence-electron chi connectivity index (χ3n) is 4.13. The Balaban J connectivity index is 1.70. The molecule has 27 heavy (non-hydrogen) atoms. The van der Waals surface area contributed by atoms with E-state index >= 15 is 0 Å². The maximum absolute atomic E-state index is 12.8. The molecule has 1 amide bonds. The topological polar surface area (TPSA) is 90.1 Å². The summed E-state index contributed by atoms with van der Waals surface area (Å²) in [6.07, 6.45) is 3.44. The first-order valence-corrected chi connectivity index (χ1v) is 9.03. The Morgan fingerprint density at radius 1 is 1.11 bits per heavy atom. The number of amides is 1. The van der Waals surface area contributed by atoms with Gasteiger partial charge in [0.15, 0.2) is 0 Å². The summed E-state index contributed by atoms with van der Waals surface area (Å²) in [6, 6.07) is 14.8. The third kappa shape index (κ3) is 3.20. The quantitative estimate of drug-likeness (QED) is 0.557. The highest BCUT2D eigenvalue weighted by atomic mass is 32.1.